The molecule has 1 aliphatic rings. The summed E-state index contributed by atoms with van der Waals surface area (Å²) in [5.74, 6) is 0.177. The molecule has 2 heterocycles. The second kappa shape index (κ2) is 5.51. The van der Waals surface area contributed by atoms with Crippen LogP contribution in [0.2, 0.25) is 0 Å². The van der Waals surface area contributed by atoms with Crippen LogP contribution in [0.1, 0.15) is 42.0 Å². The van der Waals surface area contributed by atoms with Crippen LogP contribution in [0.4, 0.5) is 4.39 Å². The molecule has 1 atom stereocenters. The van der Waals surface area contributed by atoms with E-state index in [1.165, 1.54) is 12.1 Å². The van der Waals surface area contributed by atoms with E-state index < -0.39 is 0 Å². The van der Waals surface area contributed by atoms with Gasteiger partial charge in [0.2, 0.25) is 0 Å². The molecule has 1 aromatic carbocycles. The minimum absolute atomic E-state index is 0.134. The van der Waals surface area contributed by atoms with Crippen LogP contribution in [-0.4, -0.2) is 20.4 Å². The summed E-state index contributed by atoms with van der Waals surface area (Å²) >= 11 is 0. The third-order valence-electron chi connectivity index (χ3n) is 4.60. The molecular formula is C19H18FN3O. The van der Waals surface area contributed by atoms with Crippen LogP contribution in [0.3, 0.4) is 0 Å². The first-order valence-electron chi connectivity index (χ1n) is 8.27. The van der Waals surface area contributed by atoms with Crippen molar-refractivity contribution >= 4 is 11.4 Å². The van der Waals surface area contributed by atoms with Crippen molar-refractivity contribution in [2.45, 2.75) is 33.1 Å². The summed E-state index contributed by atoms with van der Waals surface area (Å²) in [5, 5.41) is 4.60. The quantitative estimate of drug-likeness (QED) is 0.719. The molecule has 0 amide bonds. The van der Waals surface area contributed by atoms with Gasteiger partial charge in [-0.2, -0.15) is 5.10 Å². The van der Waals surface area contributed by atoms with Crippen LogP contribution in [0, 0.1) is 11.7 Å². The molecule has 3 aromatic rings. The Hall–Kier alpha value is -2.56. The Labute approximate surface area is 139 Å². The number of carbonyl (C=O) groups is 1. The summed E-state index contributed by atoms with van der Waals surface area (Å²) in [5.41, 5.74) is 4.97. The molecule has 0 N–H and O–H groups in total. The van der Waals surface area contributed by atoms with Crippen molar-refractivity contribution in [1.82, 2.24) is 14.6 Å². The van der Waals surface area contributed by atoms with Gasteiger partial charge in [0.15, 0.2) is 11.4 Å². The summed E-state index contributed by atoms with van der Waals surface area (Å²) in [6, 6.07) is 6.39. The number of ketones is 1. The molecule has 2 aromatic heterocycles. The predicted molar refractivity (Wildman–Crippen MR) is 89.6 cm³/mol. The second-order valence-corrected chi connectivity index (χ2v) is 6.49. The maximum atomic E-state index is 13.3. The van der Waals surface area contributed by atoms with E-state index in [-0.39, 0.29) is 11.6 Å². The van der Waals surface area contributed by atoms with Gasteiger partial charge < -0.3 is 0 Å². The molecule has 4 rings (SSSR count). The van der Waals surface area contributed by atoms with Crippen LogP contribution in [0.15, 0.2) is 30.5 Å². The second-order valence-electron chi connectivity index (χ2n) is 6.49. The summed E-state index contributed by atoms with van der Waals surface area (Å²) in [4.78, 5) is 17.1. The van der Waals surface area contributed by atoms with Crippen molar-refractivity contribution in [2.75, 3.05) is 0 Å². The number of aromatic nitrogens is 3. The average molecular weight is 323 g/mol. The highest BCUT2D eigenvalue weighted by Gasteiger charge is 2.26. The number of benzene rings is 1. The Morgan fingerprint density at radius 2 is 2.00 bits per heavy atom. The SMILES string of the molecule is CCc1nn2cc3c(nc2c1-c1ccc(F)cc1)CC(C)CC3=O. The van der Waals surface area contributed by atoms with Crippen molar-refractivity contribution in [1.29, 1.82) is 0 Å². The Balaban J connectivity index is 1.97. The normalized spacial score (nSPS) is 17.3. The molecule has 4 nitrogen and oxygen atoms in total. The van der Waals surface area contributed by atoms with Gasteiger partial charge in [0, 0.05) is 18.2 Å². The van der Waals surface area contributed by atoms with E-state index in [0.29, 0.717) is 17.9 Å². The van der Waals surface area contributed by atoms with Crippen molar-refractivity contribution < 1.29 is 9.18 Å². The lowest BCUT2D eigenvalue weighted by Gasteiger charge is -2.19. The van der Waals surface area contributed by atoms with Crippen LogP contribution >= 0.6 is 0 Å². The Morgan fingerprint density at radius 3 is 2.71 bits per heavy atom. The van der Waals surface area contributed by atoms with E-state index >= 15 is 0 Å². The Morgan fingerprint density at radius 1 is 1.25 bits per heavy atom. The summed E-state index contributed by atoms with van der Waals surface area (Å²) in [6.45, 7) is 4.10. The van der Waals surface area contributed by atoms with Crippen molar-refractivity contribution in [3.8, 4) is 11.1 Å². The van der Waals surface area contributed by atoms with Gasteiger partial charge in [0.05, 0.1) is 17.0 Å². The highest BCUT2D eigenvalue weighted by atomic mass is 19.1. The highest BCUT2D eigenvalue weighted by molar-refractivity contribution is 5.98. The molecule has 0 saturated heterocycles. The van der Waals surface area contributed by atoms with Gasteiger partial charge in [-0.05, 0) is 36.5 Å². The number of fused-ring (bicyclic) bond motifs is 2. The number of hydrogen-bond donors (Lipinski definition) is 0. The number of aryl methyl sites for hydroxylation is 1. The molecule has 0 saturated carbocycles. The summed E-state index contributed by atoms with van der Waals surface area (Å²) in [7, 11) is 0. The maximum absolute atomic E-state index is 13.3. The van der Waals surface area contributed by atoms with E-state index in [9.17, 15) is 9.18 Å². The van der Waals surface area contributed by atoms with E-state index in [0.717, 1.165) is 41.0 Å². The number of nitrogens with zero attached hydrogens (tertiary/aromatic N) is 3. The fraction of sp³-hybridized carbons (Fsp3) is 0.316. The first-order valence-corrected chi connectivity index (χ1v) is 8.27. The van der Waals surface area contributed by atoms with Crippen LogP contribution in [-0.2, 0) is 12.8 Å². The predicted octanol–water partition coefficient (Wildman–Crippen LogP) is 3.86. The van der Waals surface area contributed by atoms with Crippen LogP contribution < -0.4 is 0 Å². The Kier molecular flexibility index (Phi) is 3.44. The van der Waals surface area contributed by atoms with Crippen LogP contribution in [0.25, 0.3) is 16.8 Å². The van der Waals surface area contributed by atoms with Crippen LogP contribution in [0.5, 0.6) is 0 Å². The number of rotatable bonds is 2. The third-order valence-corrected chi connectivity index (χ3v) is 4.60. The number of halogens is 1. The zero-order valence-corrected chi connectivity index (χ0v) is 13.7. The van der Waals surface area contributed by atoms with Crippen molar-refractivity contribution in [3.05, 3.63) is 53.2 Å². The largest absolute Gasteiger partial charge is 0.294 e. The topological polar surface area (TPSA) is 47.3 Å². The molecule has 0 bridgehead atoms. The first kappa shape index (κ1) is 15.0. The fourth-order valence-corrected chi connectivity index (χ4v) is 3.43. The zero-order valence-electron chi connectivity index (χ0n) is 13.7. The van der Waals surface area contributed by atoms with Gasteiger partial charge >= 0.3 is 0 Å². The molecule has 0 aliphatic heterocycles. The summed E-state index contributed by atoms with van der Waals surface area (Å²) in [6.07, 6.45) is 3.91. The molecule has 1 aliphatic carbocycles. The highest BCUT2D eigenvalue weighted by Crippen LogP contribution is 2.31. The van der Waals surface area contributed by atoms with E-state index in [1.807, 2.05) is 6.92 Å². The summed E-state index contributed by atoms with van der Waals surface area (Å²) < 4.78 is 15.0. The molecule has 24 heavy (non-hydrogen) atoms. The van der Waals surface area contributed by atoms with E-state index in [4.69, 9.17) is 4.98 Å². The molecule has 0 spiro atoms. The van der Waals surface area contributed by atoms with E-state index in [1.54, 1.807) is 22.8 Å². The fourth-order valence-electron chi connectivity index (χ4n) is 3.43. The molecule has 5 heteroatoms. The molecule has 0 radical (unpaired) electrons. The number of Topliss-reactive ketones (excluding diaryl/α,β-unsaturated/α-hetero) is 1. The van der Waals surface area contributed by atoms with Gasteiger partial charge in [0.1, 0.15) is 5.82 Å². The zero-order chi connectivity index (χ0) is 16.8. The minimum Gasteiger partial charge on any atom is -0.294 e. The van der Waals surface area contributed by atoms with Gasteiger partial charge in [-0.3, -0.25) is 4.79 Å². The number of carbonyl (C=O) groups excluding carboxylic acids is 1. The van der Waals surface area contributed by atoms with Gasteiger partial charge in [-0.1, -0.05) is 26.0 Å². The third kappa shape index (κ3) is 2.31. The molecule has 122 valence electrons. The lowest BCUT2D eigenvalue weighted by atomic mass is 9.88. The smallest absolute Gasteiger partial charge is 0.166 e. The lowest BCUT2D eigenvalue weighted by Crippen LogP contribution is -2.20. The maximum Gasteiger partial charge on any atom is 0.166 e. The van der Waals surface area contributed by atoms with Crippen molar-refractivity contribution in [3.63, 3.8) is 0 Å². The molecular weight excluding hydrogens is 305 g/mol. The minimum atomic E-state index is -0.266. The molecule has 0 fully saturated rings. The Bertz CT molecular complexity index is 943. The first-order chi connectivity index (χ1) is 11.6. The van der Waals surface area contributed by atoms with Crippen molar-refractivity contribution in [2.24, 2.45) is 5.92 Å². The van der Waals surface area contributed by atoms with Gasteiger partial charge in [-0.25, -0.2) is 13.9 Å². The monoisotopic (exact) mass is 323 g/mol. The molecule has 1 unspecified atom stereocenters. The standard InChI is InChI=1S/C19H18FN3O/c1-3-15-18(12-4-6-13(20)7-5-12)19-21-16-8-11(2)9-17(24)14(16)10-23(19)22-15/h4-7,10-11H,3,8-9H2,1-2H3. The average Bonchev–Trinajstić information content (AvgIpc) is 2.91. The lowest BCUT2D eigenvalue weighted by molar-refractivity contribution is 0.0951. The van der Waals surface area contributed by atoms with E-state index in [2.05, 4.69) is 12.0 Å². The van der Waals surface area contributed by atoms with Gasteiger partial charge in [0.25, 0.3) is 0 Å². The number of hydrogen-bond acceptors (Lipinski definition) is 3. The van der Waals surface area contributed by atoms with Gasteiger partial charge in [-0.15, -0.1) is 0 Å².